The lowest BCUT2D eigenvalue weighted by molar-refractivity contribution is 0.254. The van der Waals surface area contributed by atoms with Gasteiger partial charge in [-0.25, -0.2) is 4.98 Å². The van der Waals surface area contributed by atoms with Crippen molar-refractivity contribution in [3.05, 3.63) is 23.4 Å². The molecule has 4 nitrogen and oxygen atoms in total. The van der Waals surface area contributed by atoms with Crippen molar-refractivity contribution in [1.82, 2.24) is 9.88 Å². The fraction of sp³-hybridized carbons (Fsp3) is 0.667. The quantitative estimate of drug-likeness (QED) is 0.877. The molecule has 2 unspecified atom stereocenters. The summed E-state index contributed by atoms with van der Waals surface area (Å²) in [5.74, 6) is 1.07. The van der Waals surface area contributed by atoms with E-state index >= 15 is 0 Å². The number of nitrogens with zero attached hydrogens (tertiary/aromatic N) is 3. The molecule has 2 aliphatic rings. The highest BCUT2D eigenvalue weighted by Gasteiger charge is 2.34. The molecule has 2 fully saturated rings. The maximum Gasteiger partial charge on any atom is 0.128 e. The fourth-order valence-corrected chi connectivity index (χ4v) is 3.44. The van der Waals surface area contributed by atoms with Crippen molar-refractivity contribution in [1.29, 1.82) is 0 Å². The number of aliphatic hydroxyl groups is 1. The average molecular weight is 261 g/mol. The predicted molar refractivity (Wildman–Crippen MR) is 76.3 cm³/mol. The van der Waals surface area contributed by atoms with Crippen LogP contribution in [-0.4, -0.2) is 47.2 Å². The molecular weight excluding hydrogens is 238 g/mol. The van der Waals surface area contributed by atoms with E-state index in [1.165, 1.54) is 19.3 Å². The Morgan fingerprint density at radius 1 is 1.26 bits per heavy atom. The largest absolute Gasteiger partial charge is 0.392 e. The summed E-state index contributed by atoms with van der Waals surface area (Å²) in [4.78, 5) is 9.63. The number of aryl methyl sites for hydroxylation is 1. The average Bonchev–Trinajstić information content (AvgIpc) is 2.63. The lowest BCUT2D eigenvalue weighted by Crippen LogP contribution is -2.37. The fourth-order valence-electron chi connectivity index (χ4n) is 3.44. The third-order valence-corrected chi connectivity index (χ3v) is 4.82. The number of likely N-dealkylation sites (N-methyl/N-ethyl adjacent to an activating group) is 1. The molecule has 104 valence electrons. The summed E-state index contributed by atoms with van der Waals surface area (Å²) < 4.78 is 0. The Balaban J connectivity index is 1.81. The van der Waals surface area contributed by atoms with Crippen molar-refractivity contribution in [2.75, 3.05) is 25.0 Å². The molecule has 2 atom stereocenters. The van der Waals surface area contributed by atoms with Gasteiger partial charge in [0.15, 0.2) is 0 Å². The summed E-state index contributed by atoms with van der Waals surface area (Å²) in [6.45, 7) is 4.23. The summed E-state index contributed by atoms with van der Waals surface area (Å²) in [5, 5.41) is 9.23. The normalized spacial score (nSPS) is 27.6. The first-order valence-electron chi connectivity index (χ1n) is 7.23. The zero-order chi connectivity index (χ0) is 13.4. The Kier molecular flexibility index (Phi) is 3.46. The molecule has 0 amide bonds. The van der Waals surface area contributed by atoms with Crippen LogP contribution in [0.5, 0.6) is 0 Å². The minimum absolute atomic E-state index is 0.0759. The van der Waals surface area contributed by atoms with Gasteiger partial charge in [-0.1, -0.05) is 6.07 Å². The van der Waals surface area contributed by atoms with E-state index in [0.717, 1.165) is 36.2 Å². The number of hydrogen-bond acceptors (Lipinski definition) is 4. The summed E-state index contributed by atoms with van der Waals surface area (Å²) in [5.41, 5.74) is 1.87. The van der Waals surface area contributed by atoms with Gasteiger partial charge in [0, 0.05) is 30.9 Å². The first kappa shape index (κ1) is 12.9. The van der Waals surface area contributed by atoms with Gasteiger partial charge in [0.25, 0.3) is 0 Å². The summed E-state index contributed by atoms with van der Waals surface area (Å²) in [6, 6.07) is 5.49. The van der Waals surface area contributed by atoms with Crippen molar-refractivity contribution in [2.24, 2.45) is 0 Å². The van der Waals surface area contributed by atoms with E-state index in [0.29, 0.717) is 6.04 Å². The number of aliphatic hydroxyl groups excluding tert-OH is 1. The first-order chi connectivity index (χ1) is 9.19. The Labute approximate surface area is 115 Å². The molecule has 19 heavy (non-hydrogen) atoms. The molecule has 2 saturated heterocycles. The number of fused-ring (bicyclic) bond motifs is 2. The highest BCUT2D eigenvalue weighted by molar-refractivity contribution is 5.42. The van der Waals surface area contributed by atoms with Crippen LogP contribution >= 0.6 is 0 Å². The Hall–Kier alpha value is -1.13. The van der Waals surface area contributed by atoms with Gasteiger partial charge in [0.2, 0.25) is 0 Å². The molecule has 0 spiro atoms. The number of rotatable bonds is 2. The van der Waals surface area contributed by atoms with Crippen LogP contribution < -0.4 is 4.90 Å². The van der Waals surface area contributed by atoms with Crippen LogP contribution in [0.4, 0.5) is 5.82 Å². The monoisotopic (exact) mass is 261 g/mol. The van der Waals surface area contributed by atoms with Crippen molar-refractivity contribution in [2.45, 2.75) is 44.9 Å². The van der Waals surface area contributed by atoms with Gasteiger partial charge < -0.3 is 10.0 Å². The maximum atomic E-state index is 9.23. The van der Waals surface area contributed by atoms with Gasteiger partial charge in [0.05, 0.1) is 6.61 Å². The van der Waals surface area contributed by atoms with Gasteiger partial charge in [-0.15, -0.1) is 0 Å². The second kappa shape index (κ2) is 5.10. The van der Waals surface area contributed by atoms with Crippen molar-refractivity contribution in [3.8, 4) is 0 Å². The smallest absolute Gasteiger partial charge is 0.128 e. The SMILES string of the molecule is Cc1nc(N2CCC3CCC(C2)N3C)ccc1CO. The standard InChI is InChI=1S/C15H23N3O/c1-11-12(10-19)3-6-15(16-11)18-8-7-13-4-5-14(9-18)17(13)2/h3,6,13-14,19H,4-5,7-10H2,1-2H3. The molecular formula is C15H23N3O. The Morgan fingerprint density at radius 2 is 2.05 bits per heavy atom. The van der Waals surface area contributed by atoms with E-state index in [9.17, 15) is 5.11 Å². The zero-order valence-electron chi connectivity index (χ0n) is 11.8. The van der Waals surface area contributed by atoms with E-state index in [1.807, 2.05) is 13.0 Å². The van der Waals surface area contributed by atoms with Crippen LogP contribution in [0.3, 0.4) is 0 Å². The molecule has 4 heteroatoms. The van der Waals surface area contributed by atoms with E-state index in [2.05, 4.69) is 27.9 Å². The molecule has 3 heterocycles. The Morgan fingerprint density at radius 3 is 2.79 bits per heavy atom. The van der Waals surface area contributed by atoms with Gasteiger partial charge in [-0.3, -0.25) is 4.90 Å². The van der Waals surface area contributed by atoms with E-state index < -0.39 is 0 Å². The molecule has 1 N–H and O–H groups in total. The predicted octanol–water partition coefficient (Wildman–Crippen LogP) is 1.56. The third-order valence-electron chi connectivity index (χ3n) is 4.82. The molecule has 1 aromatic heterocycles. The highest BCUT2D eigenvalue weighted by atomic mass is 16.3. The molecule has 1 aromatic rings. The van der Waals surface area contributed by atoms with Crippen LogP contribution in [0, 0.1) is 6.92 Å². The first-order valence-corrected chi connectivity index (χ1v) is 7.23. The van der Waals surface area contributed by atoms with Crippen molar-refractivity contribution in [3.63, 3.8) is 0 Å². The maximum absolute atomic E-state index is 9.23. The van der Waals surface area contributed by atoms with Gasteiger partial charge >= 0.3 is 0 Å². The van der Waals surface area contributed by atoms with Crippen molar-refractivity contribution >= 4 is 5.82 Å². The number of pyridine rings is 1. The molecule has 2 aliphatic heterocycles. The highest BCUT2D eigenvalue weighted by Crippen LogP contribution is 2.30. The van der Waals surface area contributed by atoms with Gasteiger partial charge in [-0.05, 0) is 44.9 Å². The second-order valence-electron chi connectivity index (χ2n) is 5.86. The third kappa shape index (κ3) is 2.35. The summed E-state index contributed by atoms with van der Waals surface area (Å²) in [6.07, 6.45) is 3.89. The molecule has 3 rings (SSSR count). The van der Waals surface area contributed by atoms with Gasteiger partial charge in [0.1, 0.15) is 5.82 Å². The number of aromatic nitrogens is 1. The van der Waals surface area contributed by atoms with Crippen LogP contribution in [0.15, 0.2) is 12.1 Å². The van der Waals surface area contributed by atoms with E-state index in [4.69, 9.17) is 0 Å². The topological polar surface area (TPSA) is 39.6 Å². The molecule has 0 saturated carbocycles. The van der Waals surface area contributed by atoms with Crippen LogP contribution in [0.25, 0.3) is 0 Å². The number of anilines is 1. The zero-order valence-corrected chi connectivity index (χ0v) is 11.8. The van der Waals surface area contributed by atoms with Crippen LogP contribution in [0.2, 0.25) is 0 Å². The number of hydrogen-bond donors (Lipinski definition) is 1. The van der Waals surface area contributed by atoms with Crippen molar-refractivity contribution < 1.29 is 5.11 Å². The van der Waals surface area contributed by atoms with Crippen LogP contribution in [0.1, 0.15) is 30.5 Å². The molecule has 0 radical (unpaired) electrons. The summed E-state index contributed by atoms with van der Waals surface area (Å²) in [7, 11) is 2.26. The van der Waals surface area contributed by atoms with E-state index in [-0.39, 0.29) is 6.61 Å². The second-order valence-corrected chi connectivity index (χ2v) is 5.86. The van der Waals surface area contributed by atoms with Crippen LogP contribution in [-0.2, 0) is 6.61 Å². The minimum atomic E-state index is 0.0759. The van der Waals surface area contributed by atoms with Gasteiger partial charge in [-0.2, -0.15) is 0 Å². The Bertz CT molecular complexity index is 463. The molecule has 0 aromatic carbocycles. The lowest BCUT2D eigenvalue weighted by Gasteiger charge is -2.27. The summed E-state index contributed by atoms with van der Waals surface area (Å²) >= 11 is 0. The molecule has 2 bridgehead atoms. The molecule has 0 aliphatic carbocycles. The van der Waals surface area contributed by atoms with E-state index in [1.54, 1.807) is 0 Å². The lowest BCUT2D eigenvalue weighted by atomic mass is 10.1. The minimum Gasteiger partial charge on any atom is -0.392 e.